The third kappa shape index (κ3) is 2.82. The molecule has 0 aromatic heterocycles. The molecule has 17 heavy (non-hydrogen) atoms. The molecule has 2 rings (SSSR count). The van der Waals surface area contributed by atoms with Crippen LogP contribution < -0.4 is 0 Å². The van der Waals surface area contributed by atoms with Crippen molar-refractivity contribution in [2.24, 2.45) is 0 Å². The Hall–Kier alpha value is -1.42. The van der Waals surface area contributed by atoms with Gasteiger partial charge in [-0.05, 0) is 30.5 Å². The van der Waals surface area contributed by atoms with Crippen molar-refractivity contribution in [3.63, 3.8) is 0 Å². The van der Waals surface area contributed by atoms with Crippen LogP contribution in [0.5, 0.6) is 0 Å². The second-order valence-corrected chi connectivity index (χ2v) is 4.02. The third-order valence-corrected chi connectivity index (χ3v) is 2.77. The van der Waals surface area contributed by atoms with Crippen molar-refractivity contribution < 1.29 is 18.3 Å². The van der Waals surface area contributed by atoms with Crippen molar-refractivity contribution in [2.75, 3.05) is 13.7 Å². The molecule has 92 valence electrons. The normalized spacial score (nSPS) is 19.7. The van der Waals surface area contributed by atoms with Crippen LogP contribution in [0.4, 0.5) is 8.78 Å². The first-order chi connectivity index (χ1) is 8.20. The van der Waals surface area contributed by atoms with Crippen LogP contribution in [0.2, 0.25) is 0 Å². The van der Waals surface area contributed by atoms with Crippen LogP contribution in [-0.4, -0.2) is 19.8 Å². The van der Waals surface area contributed by atoms with Gasteiger partial charge < -0.3 is 9.47 Å². The summed E-state index contributed by atoms with van der Waals surface area (Å²) in [4.78, 5) is 0. The summed E-state index contributed by atoms with van der Waals surface area (Å²) in [5.41, 5.74) is 1.16. The van der Waals surface area contributed by atoms with E-state index in [4.69, 9.17) is 9.47 Å². The maximum atomic E-state index is 13.5. The van der Waals surface area contributed by atoms with Gasteiger partial charge in [0.15, 0.2) is 0 Å². The molecule has 0 fully saturated rings. The van der Waals surface area contributed by atoms with Crippen molar-refractivity contribution in [2.45, 2.75) is 18.9 Å². The van der Waals surface area contributed by atoms with E-state index >= 15 is 0 Å². The Balaban J connectivity index is 2.13. The van der Waals surface area contributed by atoms with E-state index < -0.39 is 11.6 Å². The highest BCUT2D eigenvalue weighted by Gasteiger charge is 2.18. The summed E-state index contributed by atoms with van der Waals surface area (Å²) in [5, 5.41) is 0. The number of hydrogen-bond acceptors (Lipinski definition) is 2. The van der Waals surface area contributed by atoms with Gasteiger partial charge in [-0.3, -0.25) is 0 Å². The molecule has 1 aromatic carbocycles. The first-order valence-corrected chi connectivity index (χ1v) is 5.49. The van der Waals surface area contributed by atoms with E-state index in [-0.39, 0.29) is 6.10 Å². The molecule has 1 atom stereocenters. The largest absolute Gasteiger partial charge is 0.495 e. The molecule has 0 amide bonds. The molecule has 2 nitrogen and oxygen atoms in total. The van der Waals surface area contributed by atoms with Crippen LogP contribution >= 0.6 is 0 Å². The number of methoxy groups -OCH3 is 1. The summed E-state index contributed by atoms with van der Waals surface area (Å²) in [7, 11) is 1.61. The van der Waals surface area contributed by atoms with Crippen LogP contribution in [-0.2, 0) is 9.47 Å². The monoisotopic (exact) mass is 240 g/mol. The molecule has 0 aliphatic carbocycles. The third-order valence-electron chi connectivity index (χ3n) is 2.77. The van der Waals surface area contributed by atoms with Gasteiger partial charge in [-0.15, -0.1) is 0 Å². The van der Waals surface area contributed by atoms with Gasteiger partial charge in [-0.1, -0.05) is 0 Å². The second-order valence-electron chi connectivity index (χ2n) is 4.02. The summed E-state index contributed by atoms with van der Waals surface area (Å²) < 4.78 is 36.7. The van der Waals surface area contributed by atoms with E-state index in [9.17, 15) is 8.78 Å². The highest BCUT2D eigenvalue weighted by molar-refractivity contribution is 5.65. The first kappa shape index (κ1) is 12.0. The van der Waals surface area contributed by atoms with Crippen LogP contribution in [0.25, 0.3) is 5.57 Å². The number of hydrogen-bond donors (Lipinski definition) is 0. The van der Waals surface area contributed by atoms with Gasteiger partial charge in [0.05, 0.1) is 12.9 Å². The molecule has 1 aliphatic rings. The predicted octanol–water partition coefficient (Wildman–Crippen LogP) is 3.13. The minimum atomic E-state index is -0.569. The highest BCUT2D eigenvalue weighted by Crippen LogP contribution is 2.28. The SMILES string of the molecule is COC[C@@H]1CCC(c2ccc(F)cc2F)=CO1. The Morgan fingerprint density at radius 1 is 1.41 bits per heavy atom. The zero-order valence-corrected chi connectivity index (χ0v) is 9.58. The topological polar surface area (TPSA) is 18.5 Å². The lowest BCUT2D eigenvalue weighted by Gasteiger charge is -2.22. The lowest BCUT2D eigenvalue weighted by atomic mass is 9.98. The van der Waals surface area contributed by atoms with Crippen molar-refractivity contribution in [3.05, 3.63) is 41.7 Å². The Kier molecular flexibility index (Phi) is 3.74. The van der Waals surface area contributed by atoms with E-state index in [0.717, 1.165) is 18.1 Å². The molecule has 0 saturated heterocycles. The molecule has 0 bridgehead atoms. The Labute approximate surface area is 98.8 Å². The van der Waals surface area contributed by atoms with Gasteiger partial charge in [0.25, 0.3) is 0 Å². The van der Waals surface area contributed by atoms with E-state index in [0.29, 0.717) is 18.6 Å². The predicted molar refractivity (Wildman–Crippen MR) is 60.3 cm³/mol. The summed E-state index contributed by atoms with van der Waals surface area (Å²) >= 11 is 0. The van der Waals surface area contributed by atoms with Gasteiger partial charge in [0.1, 0.15) is 17.7 Å². The smallest absolute Gasteiger partial charge is 0.133 e. The lowest BCUT2D eigenvalue weighted by molar-refractivity contribution is 0.0420. The molecule has 1 aliphatic heterocycles. The van der Waals surface area contributed by atoms with Crippen LogP contribution in [0.1, 0.15) is 18.4 Å². The molecular formula is C13H14F2O2. The number of rotatable bonds is 3. The van der Waals surface area contributed by atoms with Crippen molar-refractivity contribution in [1.29, 1.82) is 0 Å². The summed E-state index contributed by atoms with van der Waals surface area (Å²) in [6.07, 6.45) is 3.04. The lowest BCUT2D eigenvalue weighted by Crippen LogP contribution is -2.20. The molecule has 0 saturated carbocycles. The molecule has 0 unspecified atom stereocenters. The fraction of sp³-hybridized carbons (Fsp3) is 0.385. The minimum Gasteiger partial charge on any atom is -0.495 e. The zero-order valence-electron chi connectivity index (χ0n) is 9.58. The second kappa shape index (κ2) is 5.27. The van der Waals surface area contributed by atoms with E-state index in [1.54, 1.807) is 13.4 Å². The number of allylic oxidation sites excluding steroid dienone is 1. The van der Waals surface area contributed by atoms with Gasteiger partial charge in [-0.2, -0.15) is 0 Å². The Morgan fingerprint density at radius 2 is 2.24 bits per heavy atom. The molecule has 4 heteroatoms. The standard InChI is InChI=1S/C13H14F2O2/c1-16-8-11-4-2-9(7-17-11)12-5-3-10(14)6-13(12)15/h3,5-7,11H,2,4,8H2,1H3/t11-/m0/s1. The number of benzene rings is 1. The number of ether oxygens (including phenoxy) is 2. The van der Waals surface area contributed by atoms with Gasteiger partial charge in [-0.25, -0.2) is 8.78 Å². The van der Waals surface area contributed by atoms with Gasteiger partial charge in [0, 0.05) is 18.7 Å². The Morgan fingerprint density at radius 3 is 2.82 bits per heavy atom. The Bertz CT molecular complexity index is 429. The molecule has 0 spiro atoms. The summed E-state index contributed by atoms with van der Waals surface area (Å²) in [6.45, 7) is 0.523. The quantitative estimate of drug-likeness (QED) is 0.808. The van der Waals surface area contributed by atoms with Crippen LogP contribution in [0.15, 0.2) is 24.5 Å². The fourth-order valence-electron chi connectivity index (χ4n) is 1.88. The summed E-state index contributed by atoms with van der Waals surface area (Å²) in [5.74, 6) is -1.12. The molecule has 1 aromatic rings. The van der Waals surface area contributed by atoms with E-state index in [2.05, 4.69) is 0 Å². The van der Waals surface area contributed by atoms with Crippen LogP contribution in [0, 0.1) is 11.6 Å². The maximum Gasteiger partial charge on any atom is 0.133 e. The average Bonchev–Trinajstić information content (AvgIpc) is 2.31. The van der Waals surface area contributed by atoms with Crippen molar-refractivity contribution >= 4 is 5.57 Å². The minimum absolute atomic E-state index is 0.0206. The van der Waals surface area contributed by atoms with E-state index in [1.165, 1.54) is 12.1 Å². The first-order valence-electron chi connectivity index (χ1n) is 5.49. The van der Waals surface area contributed by atoms with Crippen LogP contribution in [0.3, 0.4) is 0 Å². The van der Waals surface area contributed by atoms with Gasteiger partial charge in [0.2, 0.25) is 0 Å². The molecule has 1 heterocycles. The molecule has 0 N–H and O–H groups in total. The highest BCUT2D eigenvalue weighted by atomic mass is 19.1. The van der Waals surface area contributed by atoms with E-state index in [1.807, 2.05) is 0 Å². The average molecular weight is 240 g/mol. The molecule has 0 radical (unpaired) electrons. The van der Waals surface area contributed by atoms with Crippen molar-refractivity contribution in [3.8, 4) is 0 Å². The maximum absolute atomic E-state index is 13.5. The van der Waals surface area contributed by atoms with Crippen molar-refractivity contribution in [1.82, 2.24) is 0 Å². The van der Waals surface area contributed by atoms with Gasteiger partial charge >= 0.3 is 0 Å². The number of halogens is 2. The fourth-order valence-corrected chi connectivity index (χ4v) is 1.88. The zero-order chi connectivity index (χ0) is 12.3. The summed E-state index contributed by atoms with van der Waals surface area (Å²) in [6, 6.07) is 3.58. The molecular weight excluding hydrogens is 226 g/mol.